The van der Waals surface area contributed by atoms with Gasteiger partial charge in [-0.1, -0.05) is 73.8 Å². The van der Waals surface area contributed by atoms with Gasteiger partial charge in [0.15, 0.2) is 6.71 Å². The van der Waals surface area contributed by atoms with Crippen molar-refractivity contribution in [3.05, 3.63) is 48.2 Å². The Hall–Kier alpha value is -1.78. The van der Waals surface area contributed by atoms with Gasteiger partial charge in [0.2, 0.25) is 0 Å². The van der Waals surface area contributed by atoms with E-state index in [1.165, 1.54) is 25.0 Å². The molecule has 1 aromatic carbocycles. The molecule has 2 bridgehead atoms. The molecule has 2 saturated heterocycles. The van der Waals surface area contributed by atoms with E-state index in [-0.39, 0.29) is 6.71 Å². The maximum absolute atomic E-state index is 13.3. The molecule has 1 nitrogen and oxygen atoms in total. The lowest BCUT2D eigenvalue weighted by molar-refractivity contribution is -0.137. The van der Waals surface area contributed by atoms with Crippen molar-refractivity contribution in [2.75, 3.05) is 0 Å². The Morgan fingerprint density at radius 3 is 2.16 bits per heavy atom. The number of pyridine rings is 1. The molecule has 25 heavy (non-hydrogen) atoms. The Morgan fingerprint density at radius 2 is 1.60 bits per heavy atom. The SMILES string of the molecule is FC(F)(F)c1ccc(-c2ccccn2)c(B2C3CCCC2CCC3)c1. The van der Waals surface area contributed by atoms with Crippen molar-refractivity contribution in [2.24, 2.45) is 0 Å². The molecule has 2 aromatic rings. The van der Waals surface area contributed by atoms with Crippen molar-refractivity contribution in [2.45, 2.75) is 56.3 Å². The minimum Gasteiger partial charge on any atom is -0.256 e. The van der Waals surface area contributed by atoms with Crippen molar-refractivity contribution >= 4 is 12.2 Å². The average Bonchev–Trinajstić information content (AvgIpc) is 2.60. The number of halogens is 3. The van der Waals surface area contributed by atoms with Crippen molar-refractivity contribution in [3.8, 4) is 11.3 Å². The van der Waals surface area contributed by atoms with E-state index >= 15 is 0 Å². The van der Waals surface area contributed by atoms with Crippen molar-refractivity contribution < 1.29 is 13.2 Å². The zero-order valence-corrected chi connectivity index (χ0v) is 14.1. The highest BCUT2D eigenvalue weighted by molar-refractivity contribution is 6.77. The summed E-state index contributed by atoms with van der Waals surface area (Å²) < 4.78 is 40.0. The fourth-order valence-corrected chi connectivity index (χ4v) is 4.95. The number of benzene rings is 1. The van der Waals surface area contributed by atoms with Crippen LogP contribution in [0.4, 0.5) is 13.2 Å². The van der Waals surface area contributed by atoms with Crippen LogP contribution in [0.5, 0.6) is 0 Å². The zero-order chi connectivity index (χ0) is 17.4. The molecular weight excluding hydrogens is 322 g/mol. The van der Waals surface area contributed by atoms with E-state index in [2.05, 4.69) is 4.98 Å². The van der Waals surface area contributed by atoms with Crippen LogP contribution in [0, 0.1) is 0 Å². The first-order valence-electron chi connectivity index (χ1n) is 9.16. The van der Waals surface area contributed by atoms with Gasteiger partial charge >= 0.3 is 6.18 Å². The third-order valence-electron chi connectivity index (χ3n) is 5.99. The monoisotopic (exact) mass is 343 g/mol. The predicted molar refractivity (Wildman–Crippen MR) is 95.3 cm³/mol. The summed E-state index contributed by atoms with van der Waals surface area (Å²) in [6.07, 6.45) is 4.38. The summed E-state index contributed by atoms with van der Waals surface area (Å²) in [5.41, 5.74) is 1.97. The van der Waals surface area contributed by atoms with Gasteiger partial charge in [-0.05, 0) is 23.8 Å². The van der Waals surface area contributed by atoms with Crippen molar-refractivity contribution in [1.29, 1.82) is 0 Å². The van der Waals surface area contributed by atoms with Crippen LogP contribution >= 0.6 is 0 Å². The quantitative estimate of drug-likeness (QED) is 0.649. The first kappa shape index (κ1) is 16.7. The van der Waals surface area contributed by atoms with Gasteiger partial charge in [0.1, 0.15) is 0 Å². The van der Waals surface area contributed by atoms with E-state index in [1.807, 2.05) is 18.2 Å². The van der Waals surface area contributed by atoms with Crippen LogP contribution in [0.2, 0.25) is 11.6 Å². The molecule has 0 spiro atoms. The van der Waals surface area contributed by atoms with Gasteiger partial charge in [-0.3, -0.25) is 4.98 Å². The number of alkyl halides is 3. The Morgan fingerprint density at radius 1 is 0.920 bits per heavy atom. The van der Waals surface area contributed by atoms with Gasteiger partial charge in [0.25, 0.3) is 0 Å². The number of rotatable bonds is 2. The molecule has 0 saturated carbocycles. The number of nitrogens with zero attached hydrogens (tertiary/aromatic N) is 1. The van der Waals surface area contributed by atoms with Crippen LogP contribution in [0.1, 0.15) is 44.1 Å². The predicted octanol–water partition coefficient (Wildman–Crippen LogP) is 5.58. The number of fused-ring (bicyclic) bond motifs is 2. The number of hydrogen-bond acceptors (Lipinski definition) is 1. The molecule has 0 N–H and O–H groups in total. The first-order valence-corrected chi connectivity index (χ1v) is 9.16. The van der Waals surface area contributed by atoms with E-state index in [0.29, 0.717) is 11.6 Å². The summed E-state index contributed by atoms with van der Waals surface area (Å²) in [5, 5.41) is 0. The van der Waals surface area contributed by atoms with Crippen molar-refractivity contribution in [1.82, 2.24) is 4.98 Å². The third kappa shape index (κ3) is 3.21. The molecule has 130 valence electrons. The van der Waals surface area contributed by atoms with E-state index in [4.69, 9.17) is 0 Å². The molecular formula is C20H21BF3N. The van der Waals surface area contributed by atoms with Gasteiger partial charge in [-0.25, -0.2) is 0 Å². The maximum Gasteiger partial charge on any atom is 0.416 e. The largest absolute Gasteiger partial charge is 0.416 e. The second-order valence-corrected chi connectivity index (χ2v) is 7.42. The molecule has 0 atom stereocenters. The molecule has 2 fully saturated rings. The van der Waals surface area contributed by atoms with Crippen LogP contribution in [-0.4, -0.2) is 11.7 Å². The summed E-state index contributed by atoms with van der Waals surface area (Å²) in [5.74, 6) is 1.02. The third-order valence-corrected chi connectivity index (χ3v) is 5.99. The maximum atomic E-state index is 13.3. The minimum absolute atomic E-state index is 0.238. The Kier molecular flexibility index (Phi) is 4.34. The molecule has 0 radical (unpaired) electrons. The fourth-order valence-electron chi connectivity index (χ4n) is 4.95. The van der Waals surface area contributed by atoms with E-state index in [1.54, 1.807) is 12.3 Å². The Labute approximate surface area is 146 Å². The molecule has 0 amide bonds. The topological polar surface area (TPSA) is 12.9 Å². The molecule has 5 heteroatoms. The molecule has 0 unspecified atom stereocenters. The van der Waals surface area contributed by atoms with E-state index < -0.39 is 11.7 Å². The van der Waals surface area contributed by atoms with Crippen LogP contribution in [0.25, 0.3) is 11.3 Å². The van der Waals surface area contributed by atoms with Crippen LogP contribution < -0.4 is 5.46 Å². The Bertz CT molecular complexity index is 722. The lowest BCUT2D eigenvalue weighted by Gasteiger charge is -2.41. The van der Waals surface area contributed by atoms with Gasteiger partial charge in [0.05, 0.1) is 11.3 Å². The second-order valence-electron chi connectivity index (χ2n) is 7.42. The van der Waals surface area contributed by atoms with Gasteiger partial charge in [0, 0.05) is 6.20 Å². The van der Waals surface area contributed by atoms with Crippen LogP contribution in [0.3, 0.4) is 0 Å². The second kappa shape index (κ2) is 6.51. The number of hydrogen-bond donors (Lipinski definition) is 0. The highest BCUT2D eigenvalue weighted by Crippen LogP contribution is 2.47. The summed E-state index contributed by atoms with van der Waals surface area (Å²) in [4.78, 5) is 4.41. The van der Waals surface area contributed by atoms with E-state index in [0.717, 1.165) is 42.4 Å². The zero-order valence-electron chi connectivity index (χ0n) is 14.1. The molecule has 0 aliphatic carbocycles. The summed E-state index contributed by atoms with van der Waals surface area (Å²) in [6, 6.07) is 9.86. The Balaban J connectivity index is 1.85. The lowest BCUT2D eigenvalue weighted by Crippen LogP contribution is -2.45. The smallest absolute Gasteiger partial charge is 0.256 e. The minimum atomic E-state index is -4.30. The molecule has 4 rings (SSSR count). The molecule has 2 aliphatic rings. The highest BCUT2D eigenvalue weighted by Gasteiger charge is 2.42. The average molecular weight is 343 g/mol. The summed E-state index contributed by atoms with van der Waals surface area (Å²) in [6.45, 7) is 0.238. The lowest BCUT2D eigenvalue weighted by atomic mass is 9.24. The standard InChI is InChI=1S/C20H21BF3N/c22-20(23,24)14-10-11-17(19-9-1-2-12-25-19)18(13-14)21-15-5-3-6-16(21)8-4-7-15/h1-2,9-13,15-16H,3-8H2. The first-order chi connectivity index (χ1) is 12.0. The van der Waals surface area contributed by atoms with Crippen LogP contribution in [-0.2, 0) is 6.18 Å². The highest BCUT2D eigenvalue weighted by atomic mass is 19.4. The van der Waals surface area contributed by atoms with Crippen molar-refractivity contribution in [3.63, 3.8) is 0 Å². The normalized spacial score (nSPS) is 23.6. The fraction of sp³-hybridized carbons (Fsp3) is 0.450. The van der Waals surface area contributed by atoms with Crippen LogP contribution in [0.15, 0.2) is 42.6 Å². The van der Waals surface area contributed by atoms with Gasteiger partial charge < -0.3 is 0 Å². The number of aromatic nitrogens is 1. The van der Waals surface area contributed by atoms with Gasteiger partial charge in [-0.15, -0.1) is 0 Å². The van der Waals surface area contributed by atoms with E-state index in [9.17, 15) is 13.2 Å². The molecule has 1 aromatic heterocycles. The molecule has 2 aliphatic heterocycles. The summed E-state index contributed by atoms with van der Waals surface area (Å²) >= 11 is 0. The summed E-state index contributed by atoms with van der Waals surface area (Å²) in [7, 11) is 0. The molecule has 3 heterocycles. The van der Waals surface area contributed by atoms with Gasteiger partial charge in [-0.2, -0.15) is 13.2 Å².